The SMILES string of the molecule is CC1CCN(C(=O)c2ccc(F)c(S(=O)(=O)Cl)c2)CC1. The number of nitrogens with zero attached hydrogens (tertiary/aromatic N) is 1. The highest BCUT2D eigenvalue weighted by Crippen LogP contribution is 2.23. The van der Waals surface area contributed by atoms with Crippen LogP contribution in [0.1, 0.15) is 30.1 Å². The van der Waals surface area contributed by atoms with Gasteiger partial charge in [-0.2, -0.15) is 0 Å². The predicted molar refractivity (Wildman–Crippen MR) is 73.7 cm³/mol. The average molecular weight is 320 g/mol. The van der Waals surface area contributed by atoms with Crippen LogP contribution < -0.4 is 0 Å². The van der Waals surface area contributed by atoms with Crippen LogP contribution in [-0.2, 0) is 9.05 Å². The van der Waals surface area contributed by atoms with Gasteiger partial charge in [-0.3, -0.25) is 4.79 Å². The van der Waals surface area contributed by atoms with E-state index in [9.17, 15) is 17.6 Å². The molecule has 1 aromatic rings. The summed E-state index contributed by atoms with van der Waals surface area (Å²) < 4.78 is 35.9. The Hall–Kier alpha value is -1.14. The zero-order valence-corrected chi connectivity index (χ0v) is 12.5. The molecule has 20 heavy (non-hydrogen) atoms. The molecule has 0 radical (unpaired) electrons. The number of amides is 1. The molecule has 110 valence electrons. The second-order valence-electron chi connectivity index (χ2n) is 5.06. The van der Waals surface area contributed by atoms with Crippen molar-refractivity contribution in [2.45, 2.75) is 24.7 Å². The van der Waals surface area contributed by atoms with E-state index in [2.05, 4.69) is 6.92 Å². The van der Waals surface area contributed by atoms with Crippen LogP contribution >= 0.6 is 10.7 Å². The van der Waals surface area contributed by atoms with Crippen LogP contribution in [0.5, 0.6) is 0 Å². The van der Waals surface area contributed by atoms with Gasteiger partial charge in [0.15, 0.2) is 0 Å². The molecule has 1 aromatic carbocycles. The Balaban J connectivity index is 2.27. The van der Waals surface area contributed by atoms with E-state index in [-0.39, 0.29) is 11.5 Å². The van der Waals surface area contributed by atoms with E-state index in [0.29, 0.717) is 19.0 Å². The highest BCUT2D eigenvalue weighted by atomic mass is 35.7. The normalized spacial score (nSPS) is 17.2. The Morgan fingerprint density at radius 1 is 1.35 bits per heavy atom. The molecule has 1 aliphatic heterocycles. The van der Waals surface area contributed by atoms with Crippen LogP contribution in [0.15, 0.2) is 23.1 Å². The number of halogens is 2. The lowest BCUT2D eigenvalue weighted by atomic mass is 9.98. The van der Waals surface area contributed by atoms with Gasteiger partial charge in [-0.1, -0.05) is 6.92 Å². The lowest BCUT2D eigenvalue weighted by Crippen LogP contribution is -2.37. The Morgan fingerprint density at radius 2 is 1.95 bits per heavy atom. The van der Waals surface area contributed by atoms with Gasteiger partial charge >= 0.3 is 0 Å². The number of carbonyl (C=O) groups excluding carboxylic acids is 1. The number of hydrogen-bond acceptors (Lipinski definition) is 3. The largest absolute Gasteiger partial charge is 0.339 e. The lowest BCUT2D eigenvalue weighted by molar-refractivity contribution is 0.0697. The molecule has 0 N–H and O–H groups in total. The minimum absolute atomic E-state index is 0.139. The fourth-order valence-corrected chi connectivity index (χ4v) is 3.14. The summed E-state index contributed by atoms with van der Waals surface area (Å²) in [6, 6.07) is 3.23. The molecule has 7 heteroatoms. The maximum atomic E-state index is 13.4. The van der Waals surface area contributed by atoms with Crippen molar-refractivity contribution in [1.29, 1.82) is 0 Å². The minimum atomic E-state index is -4.20. The number of hydrogen-bond donors (Lipinski definition) is 0. The van der Waals surface area contributed by atoms with Gasteiger partial charge in [0.05, 0.1) is 0 Å². The molecule has 2 rings (SSSR count). The summed E-state index contributed by atoms with van der Waals surface area (Å²) in [7, 11) is 0.950. The molecular weight excluding hydrogens is 305 g/mol. The molecule has 0 saturated carbocycles. The van der Waals surface area contributed by atoms with E-state index < -0.39 is 19.8 Å². The van der Waals surface area contributed by atoms with Gasteiger partial charge in [0.1, 0.15) is 10.7 Å². The highest BCUT2D eigenvalue weighted by molar-refractivity contribution is 8.13. The molecule has 1 heterocycles. The lowest BCUT2D eigenvalue weighted by Gasteiger charge is -2.30. The van der Waals surface area contributed by atoms with Crippen LogP contribution in [0.3, 0.4) is 0 Å². The molecule has 1 fully saturated rings. The molecule has 0 spiro atoms. The first kappa shape index (κ1) is 15.3. The van der Waals surface area contributed by atoms with Gasteiger partial charge in [-0.15, -0.1) is 0 Å². The van der Waals surface area contributed by atoms with Crippen LogP contribution in [0, 0.1) is 11.7 Å². The number of benzene rings is 1. The zero-order valence-electron chi connectivity index (χ0n) is 11.0. The van der Waals surface area contributed by atoms with Crippen molar-refractivity contribution in [3.8, 4) is 0 Å². The van der Waals surface area contributed by atoms with Crippen LogP contribution in [0.2, 0.25) is 0 Å². The van der Waals surface area contributed by atoms with Crippen molar-refractivity contribution >= 4 is 25.6 Å². The van der Waals surface area contributed by atoms with Gasteiger partial charge in [0, 0.05) is 29.3 Å². The summed E-state index contributed by atoms with van der Waals surface area (Å²) in [5.74, 6) is -0.673. The van der Waals surface area contributed by atoms with Crippen molar-refractivity contribution < 1.29 is 17.6 Å². The molecule has 4 nitrogen and oxygen atoms in total. The monoisotopic (exact) mass is 319 g/mol. The summed E-state index contributed by atoms with van der Waals surface area (Å²) in [5, 5.41) is 0. The van der Waals surface area contributed by atoms with E-state index in [1.165, 1.54) is 6.07 Å². The number of rotatable bonds is 2. The Labute approximate surface area is 121 Å². The van der Waals surface area contributed by atoms with Crippen LogP contribution in [0.4, 0.5) is 4.39 Å². The molecular formula is C13H15ClFNO3S. The molecule has 1 aliphatic rings. The van der Waals surface area contributed by atoms with E-state index >= 15 is 0 Å². The van der Waals surface area contributed by atoms with Gasteiger partial charge in [-0.05, 0) is 37.0 Å². The summed E-state index contributed by atoms with van der Waals surface area (Å²) >= 11 is 0. The quantitative estimate of drug-likeness (QED) is 0.787. The van der Waals surface area contributed by atoms with Crippen molar-refractivity contribution in [3.63, 3.8) is 0 Å². The summed E-state index contributed by atoms with van der Waals surface area (Å²) in [6.45, 7) is 3.37. The van der Waals surface area contributed by atoms with Crippen LogP contribution in [-0.4, -0.2) is 32.3 Å². The molecule has 0 atom stereocenters. The van der Waals surface area contributed by atoms with Crippen molar-refractivity contribution in [1.82, 2.24) is 4.90 Å². The molecule has 0 aromatic heterocycles. The zero-order chi connectivity index (χ0) is 14.9. The Morgan fingerprint density at radius 3 is 2.50 bits per heavy atom. The number of piperidine rings is 1. The van der Waals surface area contributed by atoms with Gasteiger partial charge in [0.2, 0.25) is 0 Å². The first-order valence-electron chi connectivity index (χ1n) is 6.32. The Bertz CT molecular complexity index is 625. The van der Waals surface area contributed by atoms with E-state index in [4.69, 9.17) is 10.7 Å². The topological polar surface area (TPSA) is 54.5 Å². The van der Waals surface area contributed by atoms with Gasteiger partial charge < -0.3 is 4.90 Å². The van der Waals surface area contributed by atoms with Crippen molar-refractivity contribution in [2.24, 2.45) is 5.92 Å². The second kappa shape index (κ2) is 5.69. The second-order valence-corrected chi connectivity index (χ2v) is 7.59. The maximum Gasteiger partial charge on any atom is 0.264 e. The smallest absolute Gasteiger partial charge is 0.264 e. The van der Waals surface area contributed by atoms with E-state index in [1.807, 2.05) is 0 Å². The fourth-order valence-electron chi connectivity index (χ4n) is 2.22. The van der Waals surface area contributed by atoms with Crippen molar-refractivity contribution in [2.75, 3.05) is 13.1 Å². The molecule has 1 saturated heterocycles. The number of carbonyl (C=O) groups is 1. The average Bonchev–Trinajstić information content (AvgIpc) is 2.38. The third-order valence-electron chi connectivity index (χ3n) is 3.51. The molecule has 1 amide bonds. The summed E-state index contributed by atoms with van der Waals surface area (Å²) in [4.78, 5) is 13.3. The van der Waals surface area contributed by atoms with Gasteiger partial charge in [0.25, 0.3) is 15.0 Å². The third kappa shape index (κ3) is 3.30. The van der Waals surface area contributed by atoms with Gasteiger partial charge in [-0.25, -0.2) is 12.8 Å². The minimum Gasteiger partial charge on any atom is -0.339 e. The summed E-state index contributed by atoms with van der Waals surface area (Å²) in [5.41, 5.74) is 0.139. The molecule has 0 aliphatic carbocycles. The predicted octanol–water partition coefficient (Wildman–Crippen LogP) is 2.63. The molecule has 0 bridgehead atoms. The maximum absolute atomic E-state index is 13.4. The fraction of sp³-hybridized carbons (Fsp3) is 0.462. The highest BCUT2D eigenvalue weighted by Gasteiger charge is 2.24. The van der Waals surface area contributed by atoms with E-state index in [1.54, 1.807) is 4.90 Å². The molecule has 0 unspecified atom stereocenters. The first-order valence-corrected chi connectivity index (χ1v) is 8.63. The number of likely N-dealkylation sites (tertiary alicyclic amines) is 1. The Kier molecular flexibility index (Phi) is 4.34. The van der Waals surface area contributed by atoms with E-state index in [0.717, 1.165) is 25.0 Å². The summed E-state index contributed by atoms with van der Waals surface area (Å²) in [6.07, 6.45) is 1.82. The first-order chi connectivity index (χ1) is 9.29. The standard InChI is InChI=1S/C13H15ClFNO3S/c1-9-4-6-16(7-5-9)13(17)10-2-3-11(15)12(8-10)20(14,18)19/h2-3,8-9H,4-7H2,1H3. The third-order valence-corrected chi connectivity index (χ3v) is 4.85. The van der Waals surface area contributed by atoms with Crippen LogP contribution in [0.25, 0.3) is 0 Å². The van der Waals surface area contributed by atoms with Crippen molar-refractivity contribution in [3.05, 3.63) is 29.6 Å².